The third kappa shape index (κ3) is 3.33. The van der Waals surface area contributed by atoms with Gasteiger partial charge in [-0.25, -0.2) is 4.39 Å². The van der Waals surface area contributed by atoms with Gasteiger partial charge in [0.05, 0.1) is 16.1 Å². The average Bonchev–Trinajstić information content (AvgIpc) is 2.43. The van der Waals surface area contributed by atoms with Gasteiger partial charge in [0.1, 0.15) is 5.82 Å². The van der Waals surface area contributed by atoms with Crippen LogP contribution in [0.25, 0.3) is 0 Å². The summed E-state index contributed by atoms with van der Waals surface area (Å²) in [6.45, 7) is 1.97. The van der Waals surface area contributed by atoms with Gasteiger partial charge in [0, 0.05) is 11.7 Å². The minimum Gasteiger partial charge on any atom is -0.378 e. The van der Waals surface area contributed by atoms with Crippen molar-refractivity contribution in [3.8, 4) is 6.07 Å². The number of halogens is 2. The molecule has 0 aliphatic carbocycles. The van der Waals surface area contributed by atoms with Crippen molar-refractivity contribution in [1.82, 2.24) is 0 Å². The van der Waals surface area contributed by atoms with Gasteiger partial charge < -0.3 is 5.32 Å². The highest BCUT2D eigenvalue weighted by atomic mass is 79.9. The molecule has 4 heteroatoms. The van der Waals surface area contributed by atoms with Crippen LogP contribution in [-0.2, 0) is 0 Å². The highest BCUT2D eigenvalue weighted by molar-refractivity contribution is 9.10. The van der Waals surface area contributed by atoms with E-state index in [-0.39, 0.29) is 11.9 Å². The van der Waals surface area contributed by atoms with Gasteiger partial charge in [-0.05, 0) is 58.7 Å². The smallest absolute Gasteiger partial charge is 0.139 e. The second-order valence-corrected chi connectivity index (χ2v) is 5.09. The van der Waals surface area contributed by atoms with E-state index in [0.717, 1.165) is 5.56 Å². The minimum atomic E-state index is -0.303. The molecule has 0 aromatic heterocycles. The minimum absolute atomic E-state index is 0.00567. The summed E-state index contributed by atoms with van der Waals surface area (Å²) in [6, 6.07) is 14.4. The van der Waals surface area contributed by atoms with Crippen LogP contribution in [-0.4, -0.2) is 0 Å². The largest absolute Gasteiger partial charge is 0.378 e. The lowest BCUT2D eigenvalue weighted by Gasteiger charge is -2.16. The molecule has 0 saturated heterocycles. The van der Waals surface area contributed by atoms with Crippen molar-refractivity contribution in [2.24, 2.45) is 0 Å². The van der Waals surface area contributed by atoms with Crippen molar-refractivity contribution < 1.29 is 4.39 Å². The van der Waals surface area contributed by atoms with Gasteiger partial charge in [0.15, 0.2) is 0 Å². The van der Waals surface area contributed by atoms with Crippen molar-refractivity contribution in [3.63, 3.8) is 0 Å². The van der Waals surface area contributed by atoms with E-state index in [1.807, 2.05) is 25.1 Å². The zero-order valence-electron chi connectivity index (χ0n) is 10.3. The molecule has 1 N–H and O–H groups in total. The maximum atomic E-state index is 13.4. The lowest BCUT2D eigenvalue weighted by molar-refractivity contribution is 0.621. The zero-order chi connectivity index (χ0) is 13.8. The van der Waals surface area contributed by atoms with Crippen LogP contribution in [0.5, 0.6) is 0 Å². The fourth-order valence-electron chi connectivity index (χ4n) is 1.80. The Balaban J connectivity index is 2.18. The predicted molar refractivity (Wildman–Crippen MR) is 77.3 cm³/mol. The van der Waals surface area contributed by atoms with Crippen molar-refractivity contribution in [1.29, 1.82) is 5.26 Å². The maximum Gasteiger partial charge on any atom is 0.139 e. The number of hydrogen-bond donors (Lipinski definition) is 1. The number of nitrogens with zero attached hydrogens (tertiary/aromatic N) is 1. The Morgan fingerprint density at radius 3 is 2.74 bits per heavy atom. The topological polar surface area (TPSA) is 35.8 Å². The van der Waals surface area contributed by atoms with Crippen LogP contribution in [0.15, 0.2) is 46.9 Å². The van der Waals surface area contributed by atoms with Gasteiger partial charge in [-0.1, -0.05) is 12.1 Å². The number of benzene rings is 2. The molecule has 0 aliphatic heterocycles. The molecule has 1 atom stereocenters. The third-order valence-corrected chi connectivity index (χ3v) is 3.46. The number of hydrogen-bond acceptors (Lipinski definition) is 2. The van der Waals surface area contributed by atoms with Crippen molar-refractivity contribution in [3.05, 3.63) is 63.9 Å². The third-order valence-electron chi connectivity index (χ3n) is 2.82. The van der Waals surface area contributed by atoms with Gasteiger partial charge in [-0.3, -0.25) is 0 Å². The first-order valence-electron chi connectivity index (χ1n) is 5.82. The number of anilines is 1. The molecular weight excluding hydrogens is 307 g/mol. The van der Waals surface area contributed by atoms with E-state index in [0.29, 0.717) is 15.7 Å². The van der Waals surface area contributed by atoms with Crippen LogP contribution in [0.4, 0.5) is 10.1 Å². The Morgan fingerprint density at radius 1 is 1.26 bits per heavy atom. The monoisotopic (exact) mass is 318 g/mol. The fourth-order valence-corrected chi connectivity index (χ4v) is 2.04. The molecule has 19 heavy (non-hydrogen) atoms. The molecule has 0 radical (unpaired) electrons. The first-order chi connectivity index (χ1) is 9.10. The lowest BCUT2D eigenvalue weighted by atomic mass is 10.1. The van der Waals surface area contributed by atoms with E-state index in [1.165, 1.54) is 6.07 Å². The molecule has 0 bridgehead atoms. The quantitative estimate of drug-likeness (QED) is 0.895. The standard InChI is InChI=1S/C15H12BrFN2/c1-10(12-4-2-3-11(7-12)9-18)19-13-5-6-14(16)15(17)8-13/h2-8,10,19H,1H3. The fraction of sp³-hybridized carbons (Fsp3) is 0.133. The Morgan fingerprint density at radius 2 is 2.05 bits per heavy atom. The van der Waals surface area contributed by atoms with Crippen LogP contribution in [0.1, 0.15) is 24.1 Å². The number of rotatable bonds is 3. The summed E-state index contributed by atoms with van der Waals surface area (Å²) in [7, 11) is 0. The first kappa shape index (κ1) is 13.6. The summed E-state index contributed by atoms with van der Waals surface area (Å²) < 4.78 is 13.9. The lowest BCUT2D eigenvalue weighted by Crippen LogP contribution is -2.07. The number of nitriles is 1. The van der Waals surface area contributed by atoms with Crippen LogP contribution in [0, 0.1) is 17.1 Å². The first-order valence-corrected chi connectivity index (χ1v) is 6.61. The van der Waals surface area contributed by atoms with Crippen molar-refractivity contribution in [2.45, 2.75) is 13.0 Å². The van der Waals surface area contributed by atoms with Gasteiger partial charge in [0.2, 0.25) is 0 Å². The zero-order valence-corrected chi connectivity index (χ0v) is 11.9. The molecule has 2 rings (SSSR count). The second kappa shape index (κ2) is 5.85. The molecule has 2 nitrogen and oxygen atoms in total. The van der Waals surface area contributed by atoms with Crippen molar-refractivity contribution >= 4 is 21.6 Å². The summed E-state index contributed by atoms with van der Waals surface area (Å²) in [5.74, 6) is -0.303. The van der Waals surface area contributed by atoms with E-state index in [1.54, 1.807) is 18.2 Å². The van der Waals surface area contributed by atoms with Gasteiger partial charge in [-0.2, -0.15) is 5.26 Å². The second-order valence-electron chi connectivity index (χ2n) is 4.23. The SMILES string of the molecule is CC(Nc1ccc(Br)c(F)c1)c1cccc(C#N)c1. The molecule has 1 unspecified atom stereocenters. The highest BCUT2D eigenvalue weighted by Crippen LogP contribution is 2.23. The molecule has 2 aromatic rings. The molecule has 0 aliphatic rings. The van der Waals surface area contributed by atoms with Crippen LogP contribution in [0.2, 0.25) is 0 Å². The molecular formula is C15H12BrFN2. The van der Waals surface area contributed by atoms with Gasteiger partial charge in [0.25, 0.3) is 0 Å². The summed E-state index contributed by atoms with van der Waals surface area (Å²) in [6.07, 6.45) is 0. The molecule has 0 saturated carbocycles. The molecule has 0 heterocycles. The van der Waals surface area contributed by atoms with Crippen LogP contribution in [0.3, 0.4) is 0 Å². The average molecular weight is 319 g/mol. The van der Waals surface area contributed by atoms with Crippen LogP contribution >= 0.6 is 15.9 Å². The highest BCUT2D eigenvalue weighted by Gasteiger charge is 2.07. The molecule has 0 fully saturated rings. The summed E-state index contributed by atoms with van der Waals surface area (Å²) in [4.78, 5) is 0. The molecule has 0 amide bonds. The Kier molecular flexibility index (Phi) is 4.18. The normalized spacial score (nSPS) is 11.7. The maximum absolute atomic E-state index is 13.4. The summed E-state index contributed by atoms with van der Waals surface area (Å²) in [5, 5.41) is 12.1. The predicted octanol–water partition coefficient (Wildman–Crippen LogP) is 4.63. The van der Waals surface area contributed by atoms with Crippen LogP contribution < -0.4 is 5.32 Å². The number of nitrogens with one attached hydrogen (secondary N) is 1. The molecule has 96 valence electrons. The van der Waals surface area contributed by atoms with E-state index >= 15 is 0 Å². The van der Waals surface area contributed by atoms with Crippen molar-refractivity contribution in [2.75, 3.05) is 5.32 Å². The van der Waals surface area contributed by atoms with Gasteiger partial charge >= 0.3 is 0 Å². The van der Waals surface area contributed by atoms with E-state index in [4.69, 9.17) is 5.26 Å². The van der Waals surface area contributed by atoms with Gasteiger partial charge in [-0.15, -0.1) is 0 Å². The van der Waals surface area contributed by atoms with E-state index in [9.17, 15) is 4.39 Å². The Bertz CT molecular complexity index is 634. The Labute approximate surface area is 120 Å². The summed E-state index contributed by atoms with van der Waals surface area (Å²) in [5.41, 5.74) is 2.31. The Hall–Kier alpha value is -1.86. The molecule has 0 spiro atoms. The molecule has 2 aromatic carbocycles. The van der Waals surface area contributed by atoms with E-state index in [2.05, 4.69) is 27.3 Å². The van der Waals surface area contributed by atoms with E-state index < -0.39 is 0 Å². The summed E-state index contributed by atoms with van der Waals surface area (Å²) >= 11 is 3.12.